The van der Waals surface area contributed by atoms with E-state index in [1.54, 1.807) is 25.3 Å². The molecule has 9 nitrogen and oxygen atoms in total. The number of aromatic amines is 1. The highest BCUT2D eigenvalue weighted by atomic mass is 35.5. The smallest absolute Gasteiger partial charge is 0.307 e. The van der Waals surface area contributed by atoms with E-state index in [-0.39, 0.29) is 30.4 Å². The van der Waals surface area contributed by atoms with E-state index in [0.717, 1.165) is 5.01 Å². The van der Waals surface area contributed by atoms with Crippen LogP contribution < -0.4 is 5.32 Å². The maximum absolute atomic E-state index is 16.0. The van der Waals surface area contributed by atoms with Crippen LogP contribution in [0.3, 0.4) is 0 Å². The Morgan fingerprint density at radius 1 is 1.26 bits per heavy atom. The van der Waals surface area contributed by atoms with Gasteiger partial charge in [-0.05, 0) is 24.4 Å². The Bertz CT molecular complexity index is 1570. The van der Waals surface area contributed by atoms with Crippen LogP contribution in [0.4, 0.5) is 10.2 Å². The van der Waals surface area contributed by atoms with Crippen molar-refractivity contribution >= 4 is 57.1 Å². The van der Waals surface area contributed by atoms with Gasteiger partial charge in [0.05, 0.1) is 28.3 Å². The van der Waals surface area contributed by atoms with Crippen LogP contribution in [0.15, 0.2) is 41.4 Å². The van der Waals surface area contributed by atoms with Crippen molar-refractivity contribution in [3.8, 4) is 22.1 Å². The quantitative estimate of drug-likeness (QED) is 0.204. The second kappa shape index (κ2) is 10.7. The van der Waals surface area contributed by atoms with Crippen molar-refractivity contribution in [3.05, 3.63) is 57.2 Å². The van der Waals surface area contributed by atoms with Gasteiger partial charge in [-0.3, -0.25) is 9.89 Å². The molecule has 0 saturated carbocycles. The van der Waals surface area contributed by atoms with Crippen LogP contribution in [0.2, 0.25) is 5.02 Å². The molecule has 0 aromatic carbocycles. The summed E-state index contributed by atoms with van der Waals surface area (Å²) < 4.78 is 21.3. The summed E-state index contributed by atoms with van der Waals surface area (Å²) in [6.45, 7) is 5.87. The van der Waals surface area contributed by atoms with E-state index in [0.29, 0.717) is 26.6 Å². The molecule has 0 spiro atoms. The van der Waals surface area contributed by atoms with Gasteiger partial charge in [0.25, 0.3) is 0 Å². The number of esters is 1. The minimum absolute atomic E-state index is 0.0277. The summed E-state index contributed by atoms with van der Waals surface area (Å²) >= 11 is 8.99. The van der Waals surface area contributed by atoms with Crippen molar-refractivity contribution in [3.63, 3.8) is 0 Å². The predicted molar refractivity (Wildman–Crippen MR) is 147 cm³/mol. The average molecular weight is 572 g/mol. The van der Waals surface area contributed by atoms with Crippen LogP contribution >= 0.6 is 34.3 Å². The Labute approximate surface area is 230 Å². The molecule has 5 rings (SSSR count). The van der Waals surface area contributed by atoms with Gasteiger partial charge in [-0.25, -0.2) is 24.3 Å². The summed E-state index contributed by atoms with van der Waals surface area (Å²) in [4.78, 5) is 31.0. The number of carbonyl (C=O) groups excluding carboxylic acids is 1. The summed E-state index contributed by atoms with van der Waals surface area (Å²) in [7, 11) is 0. The van der Waals surface area contributed by atoms with Gasteiger partial charge in [0.15, 0.2) is 23.1 Å². The fourth-order valence-corrected chi connectivity index (χ4v) is 5.69. The number of hydrogen-bond donors (Lipinski definition) is 2. The van der Waals surface area contributed by atoms with Gasteiger partial charge in [-0.1, -0.05) is 31.5 Å². The van der Waals surface area contributed by atoms with Gasteiger partial charge in [-0.2, -0.15) is 5.10 Å². The lowest BCUT2D eigenvalue weighted by Gasteiger charge is -2.33. The highest BCUT2D eigenvalue weighted by Gasteiger charge is 2.37. The van der Waals surface area contributed by atoms with Gasteiger partial charge in [0.1, 0.15) is 16.4 Å². The topological polar surface area (TPSA) is 119 Å². The zero-order valence-corrected chi connectivity index (χ0v) is 23.0. The Morgan fingerprint density at radius 3 is 2.82 bits per heavy atom. The molecular formula is C25H23ClFN7O2S2. The molecule has 0 aliphatic rings. The number of nitrogens with one attached hydrogen (secondary N) is 2. The number of thiazole rings is 1. The van der Waals surface area contributed by atoms with Crippen LogP contribution in [-0.2, 0) is 14.9 Å². The molecule has 196 valence electrons. The highest BCUT2D eigenvalue weighted by molar-refractivity contribution is 7.13. The number of rotatable bonds is 9. The number of pyridine rings is 1. The predicted octanol–water partition coefficient (Wildman–Crippen LogP) is 6.10. The largest absolute Gasteiger partial charge is 0.466 e. The maximum atomic E-state index is 16.0. The number of H-pyrrole nitrogens is 1. The van der Waals surface area contributed by atoms with E-state index in [1.807, 2.05) is 30.7 Å². The van der Waals surface area contributed by atoms with Crippen LogP contribution in [0.5, 0.6) is 0 Å². The van der Waals surface area contributed by atoms with Gasteiger partial charge >= 0.3 is 5.97 Å². The van der Waals surface area contributed by atoms with E-state index in [1.165, 1.54) is 28.9 Å². The summed E-state index contributed by atoms with van der Waals surface area (Å²) in [5, 5.41) is 15.8. The Kier molecular flexibility index (Phi) is 7.37. The lowest BCUT2D eigenvalue weighted by atomic mass is 9.83. The minimum Gasteiger partial charge on any atom is -0.466 e. The molecule has 1 unspecified atom stereocenters. The molecule has 1 atom stereocenters. The molecule has 0 saturated heterocycles. The molecule has 0 bridgehead atoms. The van der Waals surface area contributed by atoms with Gasteiger partial charge in [0.2, 0.25) is 0 Å². The lowest BCUT2D eigenvalue weighted by Crippen LogP contribution is -2.42. The van der Waals surface area contributed by atoms with Crippen molar-refractivity contribution in [2.75, 3.05) is 11.9 Å². The van der Waals surface area contributed by atoms with Crippen molar-refractivity contribution in [1.29, 1.82) is 0 Å². The van der Waals surface area contributed by atoms with Crippen molar-refractivity contribution < 1.29 is 13.9 Å². The first kappa shape index (κ1) is 26.1. The van der Waals surface area contributed by atoms with Gasteiger partial charge < -0.3 is 10.1 Å². The molecule has 0 aliphatic carbocycles. The third kappa shape index (κ3) is 5.11. The molecule has 13 heteroatoms. The van der Waals surface area contributed by atoms with Gasteiger partial charge in [-0.15, -0.1) is 22.7 Å². The maximum Gasteiger partial charge on any atom is 0.307 e. The second-order valence-electron chi connectivity index (χ2n) is 8.92. The molecule has 38 heavy (non-hydrogen) atoms. The number of aromatic nitrogens is 6. The molecule has 0 fully saturated rings. The van der Waals surface area contributed by atoms with Crippen LogP contribution in [0.25, 0.3) is 33.1 Å². The summed E-state index contributed by atoms with van der Waals surface area (Å²) in [6.07, 6.45) is 3.16. The van der Waals surface area contributed by atoms with Crippen LogP contribution in [0, 0.1) is 5.82 Å². The van der Waals surface area contributed by atoms with Crippen molar-refractivity contribution in [1.82, 2.24) is 30.1 Å². The van der Waals surface area contributed by atoms with Crippen LogP contribution in [-0.4, -0.2) is 48.8 Å². The average Bonchev–Trinajstić information content (AvgIpc) is 3.66. The number of ether oxygens (including phenoxy) is 1. The normalized spacial score (nSPS) is 12.6. The number of hydrogen-bond acceptors (Lipinski definition) is 10. The van der Waals surface area contributed by atoms with E-state index in [2.05, 4.69) is 35.5 Å². The number of thiophene rings is 1. The number of nitrogens with zero attached hydrogens (tertiary/aromatic N) is 5. The van der Waals surface area contributed by atoms with Crippen LogP contribution in [0.1, 0.15) is 32.2 Å². The van der Waals surface area contributed by atoms with Crippen molar-refractivity contribution in [2.24, 2.45) is 0 Å². The van der Waals surface area contributed by atoms with E-state index in [4.69, 9.17) is 16.3 Å². The SMILES string of the molecule is CCOC(=O)CC(Nc1nc(-c2[nH]nc3ncc(Cl)cc23)nc(-c2cccs2)c1F)C(C)(C)c1nccs1. The fourth-order valence-electron chi connectivity index (χ4n) is 4.00. The lowest BCUT2D eigenvalue weighted by molar-refractivity contribution is -0.143. The first-order chi connectivity index (χ1) is 18.3. The summed E-state index contributed by atoms with van der Waals surface area (Å²) in [5.74, 6) is -0.913. The van der Waals surface area contributed by atoms with Crippen molar-refractivity contribution in [2.45, 2.75) is 38.6 Å². The van der Waals surface area contributed by atoms with E-state index < -0.39 is 23.2 Å². The Balaban J connectivity index is 1.64. The molecular weight excluding hydrogens is 549 g/mol. The number of carbonyl (C=O) groups is 1. The zero-order valence-electron chi connectivity index (χ0n) is 20.7. The fraction of sp³-hybridized carbons (Fsp3) is 0.280. The Hall–Kier alpha value is -3.48. The molecule has 5 aromatic rings. The molecule has 2 N–H and O–H groups in total. The summed E-state index contributed by atoms with van der Waals surface area (Å²) in [6, 6.07) is 4.69. The second-order valence-corrected chi connectivity index (χ2v) is 11.2. The number of anilines is 1. The molecule has 0 radical (unpaired) electrons. The third-order valence-electron chi connectivity index (χ3n) is 6.05. The first-order valence-corrected chi connectivity index (χ1v) is 13.8. The number of halogens is 2. The summed E-state index contributed by atoms with van der Waals surface area (Å²) in [5.41, 5.74) is 0.318. The van der Waals surface area contributed by atoms with Gasteiger partial charge in [0, 0.05) is 29.2 Å². The molecule has 0 aliphatic heterocycles. The molecule has 0 amide bonds. The Morgan fingerprint density at radius 2 is 2.11 bits per heavy atom. The molecule has 5 aromatic heterocycles. The zero-order chi connectivity index (χ0) is 26.9. The molecule has 5 heterocycles. The third-order valence-corrected chi connectivity index (χ3v) is 8.24. The minimum atomic E-state index is -0.667. The van der Waals surface area contributed by atoms with E-state index >= 15 is 4.39 Å². The van der Waals surface area contributed by atoms with E-state index in [9.17, 15) is 4.79 Å². The standard InChI is InChI=1S/C25H23ClFN7O2S2/c1-4-36-17(35)11-16(25(2,3)24-28-7-9-38-24)30-22-18(27)20(15-6-5-8-37-15)31-23(32-22)19-14-10-13(26)12-29-21(14)34-33-19/h5-10,12,16H,4,11H2,1-3H3,(H,29,33,34)(H,30,31,32). The number of fused-ring (bicyclic) bond motifs is 1. The first-order valence-electron chi connectivity index (χ1n) is 11.7. The highest BCUT2D eigenvalue weighted by Crippen LogP contribution is 2.36. The monoisotopic (exact) mass is 571 g/mol.